The van der Waals surface area contributed by atoms with E-state index >= 15 is 0 Å². The summed E-state index contributed by atoms with van der Waals surface area (Å²) in [5.74, 6) is 1.08. The molecule has 6 rings (SSSR count). The number of benzene rings is 3. The number of hydrogen-bond acceptors (Lipinski definition) is 4. The van der Waals surface area contributed by atoms with E-state index in [9.17, 15) is 5.11 Å². The fourth-order valence-electron chi connectivity index (χ4n) is 5.38. The molecule has 2 aromatic heterocycles. The average molecular weight is 486 g/mol. The van der Waals surface area contributed by atoms with Gasteiger partial charge in [0.15, 0.2) is 0 Å². The highest BCUT2D eigenvalue weighted by Gasteiger charge is 2.37. The first-order valence-electron chi connectivity index (χ1n) is 12.7. The number of phenolic OH excluding ortho intramolecular Hbond substituents is 1. The molecular weight excluding hydrogens is 454 g/mol. The smallest absolute Gasteiger partial charge is 0.141 e. The van der Waals surface area contributed by atoms with Crippen molar-refractivity contribution in [2.45, 2.75) is 45.4 Å². The van der Waals surface area contributed by atoms with E-state index in [0.29, 0.717) is 5.52 Å². The highest BCUT2D eigenvalue weighted by Crippen LogP contribution is 2.52. The van der Waals surface area contributed by atoms with Crippen LogP contribution in [0.5, 0.6) is 5.75 Å². The molecule has 0 saturated heterocycles. The summed E-state index contributed by atoms with van der Waals surface area (Å²) in [7, 11) is 0. The van der Waals surface area contributed by atoms with E-state index in [1.54, 1.807) is 6.07 Å². The minimum absolute atomic E-state index is 0.0334. The van der Waals surface area contributed by atoms with Crippen LogP contribution < -0.4 is 4.90 Å². The molecule has 0 saturated carbocycles. The number of aromatic nitrogens is 2. The first kappa shape index (κ1) is 23.2. The van der Waals surface area contributed by atoms with Crippen LogP contribution in [-0.2, 0) is 10.8 Å². The molecule has 4 heteroatoms. The van der Waals surface area contributed by atoms with Gasteiger partial charge in [-0.15, -0.1) is 0 Å². The van der Waals surface area contributed by atoms with Crippen molar-refractivity contribution in [3.05, 3.63) is 108 Å². The Hall–Kier alpha value is -4.18. The molecule has 4 nitrogen and oxygen atoms in total. The molecule has 1 aliphatic rings. The molecule has 3 aromatic carbocycles. The zero-order chi connectivity index (χ0) is 25.9. The molecule has 5 aromatic rings. The van der Waals surface area contributed by atoms with E-state index < -0.39 is 0 Å². The Morgan fingerprint density at radius 3 is 2.32 bits per heavy atom. The van der Waals surface area contributed by atoms with Gasteiger partial charge in [-0.05, 0) is 52.4 Å². The molecular formula is C33H31N3O. The van der Waals surface area contributed by atoms with Crippen molar-refractivity contribution < 1.29 is 5.11 Å². The van der Waals surface area contributed by atoms with E-state index in [1.807, 2.05) is 30.5 Å². The van der Waals surface area contributed by atoms with Gasteiger partial charge in [0.2, 0.25) is 0 Å². The summed E-state index contributed by atoms with van der Waals surface area (Å²) in [6.07, 6.45) is 1.99. The first-order valence-corrected chi connectivity index (χ1v) is 12.7. The Morgan fingerprint density at radius 1 is 0.784 bits per heavy atom. The van der Waals surface area contributed by atoms with Crippen LogP contribution >= 0.6 is 0 Å². The molecule has 184 valence electrons. The van der Waals surface area contributed by atoms with Gasteiger partial charge in [0.25, 0.3) is 0 Å². The molecule has 0 amide bonds. The molecule has 0 aliphatic carbocycles. The maximum absolute atomic E-state index is 10.4. The molecule has 3 heterocycles. The summed E-state index contributed by atoms with van der Waals surface area (Å²) in [5.41, 5.74) is 8.22. The minimum Gasteiger partial charge on any atom is -0.506 e. The number of para-hydroxylation sites is 2. The van der Waals surface area contributed by atoms with E-state index in [0.717, 1.165) is 33.8 Å². The van der Waals surface area contributed by atoms with Crippen LogP contribution in [0.25, 0.3) is 22.2 Å². The lowest BCUT2D eigenvalue weighted by Gasteiger charge is -2.41. The highest BCUT2D eigenvalue weighted by molar-refractivity contribution is 5.89. The molecule has 0 fully saturated rings. The van der Waals surface area contributed by atoms with Crippen molar-refractivity contribution in [1.82, 2.24) is 9.97 Å². The van der Waals surface area contributed by atoms with Gasteiger partial charge in [-0.1, -0.05) is 89.2 Å². The van der Waals surface area contributed by atoms with Crippen LogP contribution in [0.3, 0.4) is 0 Å². The number of phenols is 1. The predicted molar refractivity (Wildman–Crippen MR) is 152 cm³/mol. The Labute approximate surface area is 218 Å². The molecule has 1 aliphatic heterocycles. The van der Waals surface area contributed by atoms with Gasteiger partial charge >= 0.3 is 0 Å². The number of rotatable bonds is 2. The largest absolute Gasteiger partial charge is 0.506 e. The summed E-state index contributed by atoms with van der Waals surface area (Å²) < 4.78 is 0. The van der Waals surface area contributed by atoms with Crippen LogP contribution in [0.2, 0.25) is 0 Å². The third-order valence-corrected chi connectivity index (χ3v) is 7.57. The summed E-state index contributed by atoms with van der Waals surface area (Å²) in [6, 6.07) is 29.0. The average Bonchev–Trinajstić information content (AvgIpc) is 2.88. The van der Waals surface area contributed by atoms with Gasteiger partial charge in [-0.2, -0.15) is 0 Å². The summed E-state index contributed by atoms with van der Waals surface area (Å²) >= 11 is 0. The van der Waals surface area contributed by atoms with Gasteiger partial charge in [0.05, 0.1) is 17.1 Å². The lowest BCUT2D eigenvalue weighted by molar-refractivity contribution is 0.480. The number of aromatic hydroxyl groups is 1. The predicted octanol–water partition coefficient (Wildman–Crippen LogP) is 8.41. The Kier molecular flexibility index (Phi) is 5.13. The fraction of sp³-hybridized carbons (Fsp3) is 0.212. The van der Waals surface area contributed by atoms with Crippen LogP contribution in [-0.4, -0.2) is 15.1 Å². The second kappa shape index (κ2) is 8.17. The number of pyridine rings is 2. The molecule has 0 radical (unpaired) electrons. The van der Waals surface area contributed by atoms with Crippen molar-refractivity contribution in [3.63, 3.8) is 0 Å². The van der Waals surface area contributed by atoms with Gasteiger partial charge < -0.3 is 5.11 Å². The molecule has 0 bridgehead atoms. The summed E-state index contributed by atoms with van der Waals surface area (Å²) in [5, 5.41) is 11.3. The molecule has 0 spiro atoms. The zero-order valence-electron chi connectivity index (χ0n) is 21.9. The monoisotopic (exact) mass is 485 g/mol. The second-order valence-corrected chi connectivity index (χ2v) is 11.4. The van der Waals surface area contributed by atoms with Gasteiger partial charge in [0, 0.05) is 22.6 Å². The van der Waals surface area contributed by atoms with E-state index in [1.165, 1.54) is 16.7 Å². The van der Waals surface area contributed by atoms with Crippen molar-refractivity contribution >= 4 is 28.1 Å². The standard InChI is InChI=1S/C33H31N3O/c1-32(2,3)23-15-18-30(34-20-23)36-27-11-7-6-10-24(27)33(4,5)25-16-13-22(19-28(25)36)26-17-14-21-9-8-12-29(37)31(21)35-26/h6-20,37H,1-5H3. The minimum atomic E-state index is -0.179. The van der Waals surface area contributed by atoms with Crippen LogP contribution in [0.4, 0.5) is 17.2 Å². The SMILES string of the molecule is CC(C)(C)c1ccc(N2c3ccccc3C(C)(C)c3ccc(-c4ccc5cccc(O)c5n4)cc32)nc1. The maximum Gasteiger partial charge on any atom is 0.141 e. The summed E-state index contributed by atoms with van der Waals surface area (Å²) in [4.78, 5) is 12.0. The lowest BCUT2D eigenvalue weighted by Crippen LogP contribution is -2.31. The van der Waals surface area contributed by atoms with Crippen molar-refractivity contribution in [2.24, 2.45) is 0 Å². The Bertz CT molecular complexity index is 1650. The first-order chi connectivity index (χ1) is 17.6. The quantitative estimate of drug-likeness (QED) is 0.273. The number of anilines is 3. The number of nitrogens with zero attached hydrogens (tertiary/aromatic N) is 3. The Morgan fingerprint density at radius 2 is 1.57 bits per heavy atom. The highest BCUT2D eigenvalue weighted by atomic mass is 16.3. The normalized spacial score (nSPS) is 14.4. The fourth-order valence-corrected chi connectivity index (χ4v) is 5.38. The van der Waals surface area contributed by atoms with E-state index in [2.05, 4.69) is 94.1 Å². The van der Waals surface area contributed by atoms with E-state index in [-0.39, 0.29) is 16.6 Å². The van der Waals surface area contributed by atoms with Gasteiger partial charge in [-0.3, -0.25) is 4.90 Å². The second-order valence-electron chi connectivity index (χ2n) is 11.4. The molecule has 0 atom stereocenters. The third-order valence-electron chi connectivity index (χ3n) is 7.57. The van der Waals surface area contributed by atoms with E-state index in [4.69, 9.17) is 9.97 Å². The summed E-state index contributed by atoms with van der Waals surface area (Å²) in [6.45, 7) is 11.2. The Balaban J connectivity index is 1.56. The zero-order valence-corrected chi connectivity index (χ0v) is 21.9. The van der Waals surface area contributed by atoms with Crippen molar-refractivity contribution in [2.75, 3.05) is 4.90 Å². The third kappa shape index (κ3) is 3.75. The van der Waals surface area contributed by atoms with Gasteiger partial charge in [0.1, 0.15) is 17.1 Å². The van der Waals surface area contributed by atoms with Crippen LogP contribution in [0, 0.1) is 0 Å². The van der Waals surface area contributed by atoms with Gasteiger partial charge in [-0.25, -0.2) is 9.97 Å². The maximum atomic E-state index is 10.4. The molecule has 1 N–H and O–H groups in total. The number of hydrogen-bond donors (Lipinski definition) is 1. The topological polar surface area (TPSA) is 49.2 Å². The van der Waals surface area contributed by atoms with Crippen molar-refractivity contribution in [1.29, 1.82) is 0 Å². The lowest BCUT2D eigenvalue weighted by atomic mass is 9.73. The molecule has 37 heavy (non-hydrogen) atoms. The molecule has 0 unspecified atom stereocenters. The van der Waals surface area contributed by atoms with Crippen LogP contribution in [0.15, 0.2) is 91.1 Å². The van der Waals surface area contributed by atoms with Crippen molar-refractivity contribution in [3.8, 4) is 17.0 Å². The van der Waals surface area contributed by atoms with Crippen LogP contribution in [0.1, 0.15) is 51.3 Å². The number of fused-ring (bicyclic) bond motifs is 3.